The normalized spacial score (nSPS) is 12.6. The van der Waals surface area contributed by atoms with E-state index in [1.54, 1.807) is 19.6 Å². The summed E-state index contributed by atoms with van der Waals surface area (Å²) in [5, 5.41) is 3.30. The number of nitrogens with one attached hydrogen (secondary N) is 1. The Morgan fingerprint density at radius 3 is 2.70 bits per heavy atom. The summed E-state index contributed by atoms with van der Waals surface area (Å²) in [6, 6.07) is 1.68. The molecule has 0 saturated heterocycles. The fourth-order valence-electron chi connectivity index (χ4n) is 2.00. The standard InChI is InChI=1S/C13H19N5O2/c1-10(8-18-5-4-14-9-18)15-7-11-6-12(19)17(3)13(20)16(11)2/h4-6,9-10,15H,7-8H2,1-3H3. The van der Waals surface area contributed by atoms with E-state index >= 15 is 0 Å². The van der Waals surface area contributed by atoms with Gasteiger partial charge in [-0.3, -0.25) is 13.9 Å². The Hall–Kier alpha value is -2.15. The molecule has 2 heterocycles. The first-order valence-electron chi connectivity index (χ1n) is 6.44. The highest BCUT2D eigenvalue weighted by atomic mass is 16.2. The fourth-order valence-corrected chi connectivity index (χ4v) is 2.00. The number of rotatable bonds is 5. The first kappa shape index (κ1) is 14.3. The van der Waals surface area contributed by atoms with Crippen LogP contribution in [0.25, 0.3) is 0 Å². The van der Waals surface area contributed by atoms with Crippen LogP contribution in [0.4, 0.5) is 0 Å². The molecule has 0 amide bonds. The first-order valence-corrected chi connectivity index (χ1v) is 6.44. The molecular formula is C13H19N5O2. The summed E-state index contributed by atoms with van der Waals surface area (Å²) < 4.78 is 4.55. The van der Waals surface area contributed by atoms with E-state index in [0.717, 1.165) is 11.1 Å². The van der Waals surface area contributed by atoms with Crippen molar-refractivity contribution in [3.05, 3.63) is 51.3 Å². The average Bonchev–Trinajstić information content (AvgIpc) is 2.92. The van der Waals surface area contributed by atoms with Crippen molar-refractivity contribution in [3.63, 3.8) is 0 Å². The van der Waals surface area contributed by atoms with Crippen molar-refractivity contribution in [2.45, 2.75) is 26.1 Å². The van der Waals surface area contributed by atoms with Crippen LogP contribution in [0.15, 0.2) is 34.4 Å². The molecule has 108 valence electrons. The van der Waals surface area contributed by atoms with Crippen LogP contribution in [0.1, 0.15) is 12.6 Å². The van der Waals surface area contributed by atoms with Crippen LogP contribution < -0.4 is 16.6 Å². The molecule has 0 spiro atoms. The average molecular weight is 277 g/mol. The predicted octanol–water partition coefficient (Wildman–Crippen LogP) is -0.541. The van der Waals surface area contributed by atoms with Crippen molar-refractivity contribution < 1.29 is 0 Å². The molecule has 0 aliphatic carbocycles. The quantitative estimate of drug-likeness (QED) is 0.796. The molecule has 1 unspecified atom stereocenters. The van der Waals surface area contributed by atoms with Gasteiger partial charge in [0.2, 0.25) is 0 Å². The predicted molar refractivity (Wildman–Crippen MR) is 75.5 cm³/mol. The van der Waals surface area contributed by atoms with Gasteiger partial charge in [0.05, 0.1) is 6.33 Å². The molecule has 1 atom stereocenters. The molecule has 20 heavy (non-hydrogen) atoms. The van der Waals surface area contributed by atoms with Crippen molar-refractivity contribution in [2.24, 2.45) is 14.1 Å². The first-order chi connectivity index (χ1) is 9.49. The highest BCUT2D eigenvalue weighted by molar-refractivity contribution is 5.02. The minimum atomic E-state index is -0.309. The zero-order valence-corrected chi connectivity index (χ0v) is 11.9. The van der Waals surface area contributed by atoms with Crippen LogP contribution in [0, 0.1) is 0 Å². The third-order valence-corrected chi connectivity index (χ3v) is 3.30. The molecule has 0 radical (unpaired) electrons. The van der Waals surface area contributed by atoms with Crippen molar-refractivity contribution in [1.29, 1.82) is 0 Å². The summed E-state index contributed by atoms with van der Waals surface area (Å²) in [6.07, 6.45) is 5.38. The van der Waals surface area contributed by atoms with Gasteiger partial charge in [0.25, 0.3) is 5.56 Å². The molecule has 1 N–H and O–H groups in total. The van der Waals surface area contributed by atoms with Crippen LogP contribution in [0.5, 0.6) is 0 Å². The summed E-state index contributed by atoms with van der Waals surface area (Å²) >= 11 is 0. The van der Waals surface area contributed by atoms with Crippen LogP contribution in [-0.2, 0) is 27.2 Å². The fraction of sp³-hybridized carbons (Fsp3) is 0.462. The molecule has 0 fully saturated rings. The summed E-state index contributed by atoms with van der Waals surface area (Å²) in [4.78, 5) is 27.4. The molecule has 0 bridgehead atoms. The minimum absolute atomic E-state index is 0.198. The second-order valence-corrected chi connectivity index (χ2v) is 4.92. The SMILES string of the molecule is CC(Cn1ccnc1)NCc1cc(=O)n(C)c(=O)n1C. The van der Waals surface area contributed by atoms with Gasteiger partial charge >= 0.3 is 5.69 Å². The van der Waals surface area contributed by atoms with Crippen molar-refractivity contribution >= 4 is 0 Å². The molecular weight excluding hydrogens is 258 g/mol. The van der Waals surface area contributed by atoms with Crippen LogP contribution in [0.2, 0.25) is 0 Å². The van der Waals surface area contributed by atoms with E-state index in [0.29, 0.717) is 12.2 Å². The van der Waals surface area contributed by atoms with E-state index < -0.39 is 0 Å². The molecule has 2 aromatic rings. The van der Waals surface area contributed by atoms with E-state index in [4.69, 9.17) is 0 Å². The summed E-state index contributed by atoms with van der Waals surface area (Å²) in [5.41, 5.74) is 0.0827. The van der Waals surface area contributed by atoms with Crippen molar-refractivity contribution in [3.8, 4) is 0 Å². The zero-order chi connectivity index (χ0) is 14.7. The highest BCUT2D eigenvalue weighted by Crippen LogP contribution is 1.95. The van der Waals surface area contributed by atoms with Gasteiger partial charge in [-0.05, 0) is 6.92 Å². The van der Waals surface area contributed by atoms with Crippen LogP contribution in [0.3, 0.4) is 0 Å². The maximum Gasteiger partial charge on any atom is 0.330 e. The lowest BCUT2D eigenvalue weighted by Gasteiger charge is -2.16. The van der Waals surface area contributed by atoms with E-state index in [2.05, 4.69) is 10.3 Å². The number of hydrogen-bond donors (Lipinski definition) is 1. The second kappa shape index (κ2) is 5.87. The Balaban J connectivity index is 2.04. The number of imidazole rings is 1. The highest BCUT2D eigenvalue weighted by Gasteiger charge is 2.08. The Kier molecular flexibility index (Phi) is 4.19. The van der Waals surface area contributed by atoms with Crippen molar-refractivity contribution in [2.75, 3.05) is 0 Å². The van der Waals surface area contributed by atoms with Crippen LogP contribution in [-0.4, -0.2) is 24.7 Å². The lowest BCUT2D eigenvalue weighted by atomic mass is 10.3. The summed E-state index contributed by atoms with van der Waals surface area (Å²) in [5.74, 6) is 0. The molecule has 0 aliphatic rings. The number of nitrogens with zero attached hydrogens (tertiary/aromatic N) is 4. The van der Waals surface area contributed by atoms with Gasteiger partial charge in [-0.25, -0.2) is 9.78 Å². The third-order valence-electron chi connectivity index (χ3n) is 3.30. The Bertz CT molecular complexity index is 684. The lowest BCUT2D eigenvalue weighted by molar-refractivity contribution is 0.464. The second-order valence-electron chi connectivity index (χ2n) is 4.92. The lowest BCUT2D eigenvalue weighted by Crippen LogP contribution is -2.40. The minimum Gasteiger partial charge on any atom is -0.336 e. The Morgan fingerprint density at radius 2 is 2.05 bits per heavy atom. The van der Waals surface area contributed by atoms with Crippen LogP contribution >= 0.6 is 0 Å². The maximum absolute atomic E-state index is 11.8. The van der Waals surface area contributed by atoms with E-state index in [9.17, 15) is 9.59 Å². The van der Waals surface area contributed by atoms with E-state index in [1.165, 1.54) is 17.7 Å². The Morgan fingerprint density at radius 1 is 1.30 bits per heavy atom. The van der Waals surface area contributed by atoms with Gasteiger partial charge in [0, 0.05) is 57.4 Å². The largest absolute Gasteiger partial charge is 0.336 e. The third kappa shape index (κ3) is 3.05. The molecule has 0 saturated carbocycles. The summed E-state index contributed by atoms with van der Waals surface area (Å²) in [7, 11) is 3.14. The van der Waals surface area contributed by atoms with Gasteiger partial charge in [0.1, 0.15) is 0 Å². The zero-order valence-electron chi connectivity index (χ0n) is 11.9. The maximum atomic E-state index is 11.8. The topological polar surface area (TPSA) is 73.8 Å². The molecule has 7 heteroatoms. The van der Waals surface area contributed by atoms with Gasteiger partial charge in [-0.1, -0.05) is 0 Å². The summed E-state index contributed by atoms with van der Waals surface area (Å²) in [6.45, 7) is 3.29. The van der Waals surface area contributed by atoms with Gasteiger partial charge in [0.15, 0.2) is 0 Å². The van der Waals surface area contributed by atoms with E-state index in [1.807, 2.05) is 17.7 Å². The molecule has 0 aliphatic heterocycles. The molecule has 2 rings (SSSR count). The number of hydrogen-bond acceptors (Lipinski definition) is 4. The molecule has 7 nitrogen and oxygen atoms in total. The monoisotopic (exact) mass is 277 g/mol. The van der Waals surface area contributed by atoms with Gasteiger partial charge < -0.3 is 9.88 Å². The van der Waals surface area contributed by atoms with Crippen molar-refractivity contribution in [1.82, 2.24) is 24.0 Å². The van der Waals surface area contributed by atoms with E-state index in [-0.39, 0.29) is 17.3 Å². The smallest absolute Gasteiger partial charge is 0.330 e. The Labute approximate surface area is 116 Å². The molecule has 2 aromatic heterocycles. The van der Waals surface area contributed by atoms with Gasteiger partial charge in [-0.15, -0.1) is 0 Å². The van der Waals surface area contributed by atoms with Gasteiger partial charge in [-0.2, -0.15) is 0 Å². The number of aromatic nitrogens is 4. The molecule has 0 aromatic carbocycles.